The Morgan fingerprint density at radius 3 is 2.64 bits per heavy atom. The second-order valence-corrected chi connectivity index (χ2v) is 4.74. The first-order chi connectivity index (χ1) is 10.3. The smallest absolute Gasteiger partial charge is 0.324 e. The molecule has 0 atom stereocenters. The fourth-order valence-corrected chi connectivity index (χ4v) is 1.85. The minimum absolute atomic E-state index is 0.0260. The summed E-state index contributed by atoms with van der Waals surface area (Å²) >= 11 is 0. The summed E-state index contributed by atoms with van der Waals surface area (Å²) in [7, 11) is 1.49. The van der Waals surface area contributed by atoms with Gasteiger partial charge < -0.3 is 14.8 Å². The molecule has 2 aromatic rings. The van der Waals surface area contributed by atoms with Crippen LogP contribution >= 0.6 is 0 Å². The molecular weight excluding hydrogens is 297 g/mol. The number of hydrogen-bond acceptors (Lipinski definition) is 2. The van der Waals surface area contributed by atoms with Crippen LogP contribution in [-0.4, -0.2) is 33.7 Å². The molecule has 2 amide bonds. The van der Waals surface area contributed by atoms with E-state index in [0.29, 0.717) is 5.69 Å². The molecule has 0 bridgehead atoms. The standard InChI is InChI=1S/C14H15F3N4O/c1-20(13(22)19-11-5-3-2-4-6-11)9-12-18-7-8-21(12)10-14(15,16)17/h2-8H,9-10H2,1H3,(H,19,22). The second-order valence-electron chi connectivity index (χ2n) is 4.74. The third-order valence-corrected chi connectivity index (χ3v) is 2.90. The molecule has 0 fully saturated rings. The molecule has 2 rings (SSSR count). The molecule has 0 aliphatic rings. The quantitative estimate of drug-likeness (QED) is 0.943. The zero-order valence-electron chi connectivity index (χ0n) is 11.8. The van der Waals surface area contributed by atoms with Crippen LogP contribution in [0.15, 0.2) is 42.7 Å². The Hall–Kier alpha value is -2.51. The number of imidazole rings is 1. The Labute approximate surface area is 125 Å². The molecule has 8 heteroatoms. The Kier molecular flexibility index (Phi) is 4.69. The number of nitrogens with one attached hydrogen (secondary N) is 1. The van der Waals surface area contributed by atoms with Gasteiger partial charge in [0.15, 0.2) is 0 Å². The van der Waals surface area contributed by atoms with Crippen LogP contribution in [0.4, 0.5) is 23.7 Å². The predicted molar refractivity (Wildman–Crippen MR) is 75.2 cm³/mol. The minimum atomic E-state index is -4.33. The first-order valence-corrected chi connectivity index (χ1v) is 6.49. The highest BCUT2D eigenvalue weighted by atomic mass is 19.4. The lowest BCUT2D eigenvalue weighted by Gasteiger charge is -2.19. The van der Waals surface area contributed by atoms with E-state index in [9.17, 15) is 18.0 Å². The lowest BCUT2D eigenvalue weighted by atomic mass is 10.3. The van der Waals surface area contributed by atoms with Crippen molar-refractivity contribution in [1.29, 1.82) is 0 Å². The summed E-state index contributed by atoms with van der Waals surface area (Å²) in [5.74, 6) is 0.169. The SMILES string of the molecule is CN(Cc1nccn1CC(F)(F)F)C(=O)Nc1ccccc1. The van der Waals surface area contributed by atoms with E-state index >= 15 is 0 Å². The molecule has 0 spiro atoms. The van der Waals surface area contributed by atoms with Crippen molar-refractivity contribution >= 4 is 11.7 Å². The van der Waals surface area contributed by atoms with Crippen molar-refractivity contribution in [3.8, 4) is 0 Å². The summed E-state index contributed by atoms with van der Waals surface area (Å²) in [4.78, 5) is 17.1. The van der Waals surface area contributed by atoms with E-state index < -0.39 is 18.8 Å². The number of para-hydroxylation sites is 1. The summed E-state index contributed by atoms with van der Waals surface area (Å²) < 4.78 is 38.3. The summed E-state index contributed by atoms with van der Waals surface area (Å²) in [6, 6.07) is 8.37. The van der Waals surface area contributed by atoms with E-state index in [0.717, 1.165) is 4.57 Å². The fraction of sp³-hybridized carbons (Fsp3) is 0.286. The van der Waals surface area contributed by atoms with E-state index in [1.165, 1.54) is 24.3 Å². The van der Waals surface area contributed by atoms with Gasteiger partial charge in [-0.2, -0.15) is 13.2 Å². The van der Waals surface area contributed by atoms with Gasteiger partial charge >= 0.3 is 12.2 Å². The third-order valence-electron chi connectivity index (χ3n) is 2.90. The number of carbonyl (C=O) groups excluding carboxylic acids is 1. The number of rotatable bonds is 4. The van der Waals surface area contributed by atoms with Crippen molar-refractivity contribution in [3.05, 3.63) is 48.5 Å². The van der Waals surface area contributed by atoms with Crippen LogP contribution in [0.3, 0.4) is 0 Å². The lowest BCUT2D eigenvalue weighted by Crippen LogP contribution is -2.32. The van der Waals surface area contributed by atoms with Crippen LogP contribution in [0, 0.1) is 0 Å². The molecule has 0 radical (unpaired) electrons. The van der Waals surface area contributed by atoms with Crippen LogP contribution in [0.5, 0.6) is 0 Å². The van der Waals surface area contributed by atoms with E-state index in [1.807, 2.05) is 6.07 Å². The monoisotopic (exact) mass is 312 g/mol. The van der Waals surface area contributed by atoms with Gasteiger partial charge in [-0.25, -0.2) is 9.78 Å². The number of carbonyl (C=O) groups is 1. The van der Waals surface area contributed by atoms with Crippen molar-refractivity contribution < 1.29 is 18.0 Å². The van der Waals surface area contributed by atoms with Crippen molar-refractivity contribution in [2.24, 2.45) is 0 Å². The number of nitrogens with zero attached hydrogens (tertiary/aromatic N) is 3. The molecule has 1 N–H and O–H groups in total. The number of hydrogen-bond donors (Lipinski definition) is 1. The van der Waals surface area contributed by atoms with Crippen LogP contribution in [0.25, 0.3) is 0 Å². The van der Waals surface area contributed by atoms with Gasteiger partial charge in [0.25, 0.3) is 0 Å². The van der Waals surface area contributed by atoms with Crippen molar-refractivity contribution in [1.82, 2.24) is 14.5 Å². The Morgan fingerprint density at radius 2 is 2.00 bits per heavy atom. The molecule has 0 saturated carbocycles. The first kappa shape index (κ1) is 15.9. The van der Waals surface area contributed by atoms with E-state index in [2.05, 4.69) is 10.3 Å². The van der Waals surface area contributed by atoms with Gasteiger partial charge in [-0.15, -0.1) is 0 Å². The number of alkyl halides is 3. The maximum Gasteiger partial charge on any atom is 0.406 e. The Balaban J connectivity index is 1.98. The van der Waals surface area contributed by atoms with Crippen LogP contribution in [0.1, 0.15) is 5.82 Å². The molecule has 0 saturated heterocycles. The lowest BCUT2D eigenvalue weighted by molar-refractivity contribution is -0.141. The molecule has 1 aromatic carbocycles. The number of halogens is 3. The molecular formula is C14H15F3N4O. The largest absolute Gasteiger partial charge is 0.406 e. The van der Waals surface area contributed by atoms with Gasteiger partial charge in [0.1, 0.15) is 12.4 Å². The summed E-state index contributed by atoms with van der Waals surface area (Å²) in [5.41, 5.74) is 0.609. The van der Waals surface area contributed by atoms with Gasteiger partial charge in [0.2, 0.25) is 0 Å². The molecule has 0 unspecified atom stereocenters. The number of aromatic nitrogens is 2. The fourth-order valence-electron chi connectivity index (χ4n) is 1.85. The maximum absolute atomic E-state index is 12.4. The van der Waals surface area contributed by atoms with Gasteiger partial charge in [-0.05, 0) is 12.1 Å². The third kappa shape index (κ3) is 4.51. The number of benzene rings is 1. The number of anilines is 1. The van der Waals surface area contributed by atoms with Crippen molar-refractivity contribution in [2.75, 3.05) is 12.4 Å². The van der Waals surface area contributed by atoms with Crippen LogP contribution in [0.2, 0.25) is 0 Å². The molecule has 0 aliphatic heterocycles. The summed E-state index contributed by atoms with van der Waals surface area (Å²) in [6.07, 6.45) is -1.81. The highest BCUT2D eigenvalue weighted by Gasteiger charge is 2.29. The van der Waals surface area contributed by atoms with E-state index in [4.69, 9.17) is 0 Å². The van der Waals surface area contributed by atoms with Gasteiger partial charge in [-0.3, -0.25) is 0 Å². The average Bonchev–Trinajstić information content (AvgIpc) is 2.85. The molecule has 118 valence electrons. The maximum atomic E-state index is 12.4. The van der Waals surface area contributed by atoms with Crippen LogP contribution < -0.4 is 5.32 Å². The average molecular weight is 312 g/mol. The van der Waals surface area contributed by atoms with E-state index in [-0.39, 0.29) is 12.4 Å². The van der Waals surface area contributed by atoms with Crippen molar-refractivity contribution in [3.63, 3.8) is 0 Å². The highest BCUT2D eigenvalue weighted by molar-refractivity contribution is 5.88. The minimum Gasteiger partial charge on any atom is -0.324 e. The predicted octanol–water partition coefficient (Wildman–Crippen LogP) is 3.11. The van der Waals surface area contributed by atoms with Gasteiger partial charge in [0, 0.05) is 25.1 Å². The zero-order valence-corrected chi connectivity index (χ0v) is 11.8. The summed E-state index contributed by atoms with van der Waals surface area (Å²) in [5, 5.41) is 2.65. The molecule has 1 aromatic heterocycles. The highest BCUT2D eigenvalue weighted by Crippen LogP contribution is 2.18. The zero-order chi connectivity index (χ0) is 16.2. The summed E-state index contributed by atoms with van der Waals surface area (Å²) in [6.45, 7) is -1.15. The van der Waals surface area contributed by atoms with E-state index in [1.54, 1.807) is 24.3 Å². The first-order valence-electron chi connectivity index (χ1n) is 6.49. The van der Waals surface area contributed by atoms with Crippen LogP contribution in [-0.2, 0) is 13.1 Å². The Bertz CT molecular complexity index is 625. The number of amides is 2. The molecule has 22 heavy (non-hydrogen) atoms. The topological polar surface area (TPSA) is 50.2 Å². The van der Waals surface area contributed by atoms with Gasteiger partial charge in [0.05, 0.1) is 6.54 Å². The Morgan fingerprint density at radius 1 is 1.32 bits per heavy atom. The molecule has 5 nitrogen and oxygen atoms in total. The number of urea groups is 1. The second kappa shape index (κ2) is 6.50. The van der Waals surface area contributed by atoms with Gasteiger partial charge in [-0.1, -0.05) is 18.2 Å². The van der Waals surface area contributed by atoms with Crippen molar-refractivity contribution in [2.45, 2.75) is 19.3 Å². The molecule has 0 aliphatic carbocycles. The molecule has 1 heterocycles. The normalized spacial score (nSPS) is 11.3.